The van der Waals surface area contributed by atoms with E-state index >= 15 is 0 Å². The molecule has 2 aromatic heterocycles. The summed E-state index contributed by atoms with van der Waals surface area (Å²) in [5.41, 5.74) is 2.67. The fourth-order valence-corrected chi connectivity index (χ4v) is 4.02. The zero-order chi connectivity index (χ0) is 18.4. The number of carbonyl (C=O) groups excluding carboxylic acids is 1. The van der Waals surface area contributed by atoms with E-state index in [-0.39, 0.29) is 11.2 Å². The summed E-state index contributed by atoms with van der Waals surface area (Å²) in [4.78, 5) is 29.3. The molecule has 130 valence electrons. The van der Waals surface area contributed by atoms with Crippen LogP contribution in [-0.4, -0.2) is 10.9 Å². The Morgan fingerprint density at radius 1 is 1.19 bits per heavy atom. The van der Waals surface area contributed by atoms with Gasteiger partial charge in [-0.25, -0.2) is 4.98 Å². The third-order valence-corrected chi connectivity index (χ3v) is 5.14. The summed E-state index contributed by atoms with van der Waals surface area (Å²) in [5, 5.41) is 4.18. The number of nitrogens with zero attached hydrogens (tertiary/aromatic N) is 1. The normalized spacial score (nSPS) is 11.2. The van der Waals surface area contributed by atoms with Crippen LogP contribution in [0, 0.1) is 13.8 Å². The molecule has 0 saturated carbocycles. The van der Waals surface area contributed by atoms with Crippen LogP contribution in [0.4, 0.5) is 5.13 Å². The Morgan fingerprint density at radius 2 is 2.00 bits per heavy atom. The van der Waals surface area contributed by atoms with Crippen molar-refractivity contribution in [1.82, 2.24) is 4.98 Å². The molecule has 1 N–H and O–H groups in total. The maximum absolute atomic E-state index is 12.5. The average molecular weight is 385 g/mol. The van der Waals surface area contributed by atoms with Crippen molar-refractivity contribution >= 4 is 55.2 Å². The van der Waals surface area contributed by atoms with Gasteiger partial charge in [0.25, 0.3) is 5.91 Å². The smallest absolute Gasteiger partial charge is 0.293 e. The number of aromatic nitrogens is 1. The molecule has 0 aliphatic heterocycles. The standard InChI is InChI=1S/C19H13ClN2O3S/c1-9-5-10(2)17-13(23)8-15(25-14(17)6-9)18(24)22-19-21-12-4-3-11(20)7-16(12)26-19/h3-8H,1-2H3,(H,21,22,24). The maximum Gasteiger partial charge on any atom is 0.293 e. The predicted molar refractivity (Wildman–Crippen MR) is 105 cm³/mol. The molecule has 2 heterocycles. The molecule has 0 unspecified atom stereocenters. The van der Waals surface area contributed by atoms with Gasteiger partial charge in [0.15, 0.2) is 16.3 Å². The van der Waals surface area contributed by atoms with Gasteiger partial charge in [0.05, 0.1) is 15.6 Å². The summed E-state index contributed by atoms with van der Waals surface area (Å²) in [6.07, 6.45) is 0. The minimum Gasteiger partial charge on any atom is -0.451 e. The van der Waals surface area contributed by atoms with E-state index < -0.39 is 5.91 Å². The average Bonchev–Trinajstić information content (AvgIpc) is 2.94. The molecule has 4 aromatic rings. The lowest BCUT2D eigenvalue weighted by Gasteiger charge is -2.05. The highest BCUT2D eigenvalue weighted by atomic mass is 35.5. The molecule has 7 heteroatoms. The summed E-state index contributed by atoms with van der Waals surface area (Å²) >= 11 is 7.27. The first-order valence-corrected chi connectivity index (χ1v) is 9.03. The van der Waals surface area contributed by atoms with Crippen molar-refractivity contribution in [1.29, 1.82) is 0 Å². The fourth-order valence-electron chi connectivity index (χ4n) is 2.89. The van der Waals surface area contributed by atoms with E-state index in [0.29, 0.717) is 21.1 Å². The van der Waals surface area contributed by atoms with Gasteiger partial charge >= 0.3 is 0 Å². The van der Waals surface area contributed by atoms with Crippen LogP contribution < -0.4 is 10.7 Å². The minimum absolute atomic E-state index is 0.0511. The first-order valence-electron chi connectivity index (χ1n) is 7.83. The molecule has 0 bridgehead atoms. The Labute approximate surface area is 157 Å². The van der Waals surface area contributed by atoms with E-state index in [2.05, 4.69) is 10.3 Å². The minimum atomic E-state index is -0.520. The highest BCUT2D eigenvalue weighted by Crippen LogP contribution is 2.28. The molecule has 0 aliphatic rings. The summed E-state index contributed by atoms with van der Waals surface area (Å²) in [5.74, 6) is -0.571. The lowest BCUT2D eigenvalue weighted by Crippen LogP contribution is -2.15. The molecule has 0 atom stereocenters. The van der Waals surface area contributed by atoms with Crippen LogP contribution in [0.25, 0.3) is 21.2 Å². The van der Waals surface area contributed by atoms with E-state index in [1.54, 1.807) is 24.3 Å². The van der Waals surface area contributed by atoms with Gasteiger partial charge in [-0.1, -0.05) is 29.0 Å². The SMILES string of the molecule is Cc1cc(C)c2c(=O)cc(C(=O)Nc3nc4ccc(Cl)cc4s3)oc2c1. The van der Waals surface area contributed by atoms with Crippen molar-refractivity contribution in [3.05, 3.63) is 68.5 Å². The largest absolute Gasteiger partial charge is 0.451 e. The number of benzene rings is 2. The lowest BCUT2D eigenvalue weighted by atomic mass is 10.1. The number of carbonyl (C=O) groups is 1. The van der Waals surface area contributed by atoms with E-state index in [0.717, 1.165) is 21.3 Å². The maximum atomic E-state index is 12.5. The molecular weight excluding hydrogens is 372 g/mol. The van der Waals surface area contributed by atoms with E-state index in [4.69, 9.17) is 16.0 Å². The Hall–Kier alpha value is -2.70. The highest BCUT2D eigenvalue weighted by Gasteiger charge is 2.16. The van der Waals surface area contributed by atoms with Crippen molar-refractivity contribution < 1.29 is 9.21 Å². The van der Waals surface area contributed by atoms with Crippen molar-refractivity contribution in [3.63, 3.8) is 0 Å². The van der Waals surface area contributed by atoms with Crippen LogP contribution >= 0.6 is 22.9 Å². The number of anilines is 1. The van der Waals surface area contributed by atoms with Crippen LogP contribution in [0.3, 0.4) is 0 Å². The number of hydrogen-bond acceptors (Lipinski definition) is 5. The summed E-state index contributed by atoms with van der Waals surface area (Å²) in [7, 11) is 0. The monoisotopic (exact) mass is 384 g/mol. The van der Waals surface area contributed by atoms with Gasteiger partial charge in [0.2, 0.25) is 0 Å². The molecule has 0 spiro atoms. The first kappa shape index (κ1) is 16.8. The highest BCUT2D eigenvalue weighted by molar-refractivity contribution is 7.22. The second-order valence-electron chi connectivity index (χ2n) is 6.02. The van der Waals surface area contributed by atoms with Gasteiger partial charge in [-0.2, -0.15) is 0 Å². The van der Waals surface area contributed by atoms with Crippen LogP contribution in [-0.2, 0) is 0 Å². The van der Waals surface area contributed by atoms with Gasteiger partial charge in [0.1, 0.15) is 5.58 Å². The number of fused-ring (bicyclic) bond motifs is 2. The summed E-state index contributed by atoms with van der Waals surface area (Å²) in [6.45, 7) is 3.75. The van der Waals surface area contributed by atoms with E-state index in [1.165, 1.54) is 17.4 Å². The number of thiazole rings is 1. The van der Waals surface area contributed by atoms with Gasteiger partial charge in [0, 0.05) is 11.1 Å². The third-order valence-electron chi connectivity index (χ3n) is 3.97. The Kier molecular flexibility index (Phi) is 4.01. The molecule has 26 heavy (non-hydrogen) atoms. The van der Waals surface area contributed by atoms with Gasteiger partial charge in [-0.15, -0.1) is 0 Å². The second-order valence-corrected chi connectivity index (χ2v) is 7.48. The number of aryl methyl sites for hydroxylation is 2. The van der Waals surface area contributed by atoms with Crippen molar-refractivity contribution in [2.24, 2.45) is 0 Å². The number of nitrogens with one attached hydrogen (secondary N) is 1. The molecular formula is C19H13ClN2O3S. The quantitative estimate of drug-likeness (QED) is 0.532. The molecule has 4 rings (SSSR count). The second kappa shape index (κ2) is 6.23. The first-order chi connectivity index (χ1) is 12.4. The molecule has 0 aliphatic carbocycles. The van der Waals surface area contributed by atoms with Crippen molar-refractivity contribution in [3.8, 4) is 0 Å². The van der Waals surface area contributed by atoms with Crippen molar-refractivity contribution in [2.45, 2.75) is 13.8 Å². The lowest BCUT2D eigenvalue weighted by molar-refractivity contribution is 0.0997. The zero-order valence-corrected chi connectivity index (χ0v) is 15.5. The van der Waals surface area contributed by atoms with E-state index in [9.17, 15) is 9.59 Å². The fraction of sp³-hybridized carbons (Fsp3) is 0.105. The topological polar surface area (TPSA) is 72.2 Å². The Bertz CT molecular complexity index is 1240. The van der Waals surface area contributed by atoms with Crippen molar-refractivity contribution in [2.75, 3.05) is 5.32 Å². The van der Waals surface area contributed by atoms with Crippen LogP contribution in [0.1, 0.15) is 21.7 Å². The van der Waals surface area contributed by atoms with Gasteiger partial charge in [-0.05, 0) is 49.2 Å². The molecule has 1 amide bonds. The van der Waals surface area contributed by atoms with Crippen LogP contribution in [0.15, 0.2) is 45.6 Å². The van der Waals surface area contributed by atoms with Gasteiger partial charge < -0.3 is 4.42 Å². The van der Waals surface area contributed by atoms with E-state index in [1.807, 2.05) is 19.9 Å². The Balaban J connectivity index is 1.72. The molecule has 0 saturated heterocycles. The number of rotatable bonds is 2. The molecule has 5 nitrogen and oxygen atoms in total. The predicted octanol–water partition coefficient (Wildman–Crippen LogP) is 4.93. The van der Waals surface area contributed by atoms with Gasteiger partial charge in [-0.3, -0.25) is 14.9 Å². The van der Waals surface area contributed by atoms with Crippen LogP contribution in [0.5, 0.6) is 0 Å². The molecule has 0 radical (unpaired) electrons. The van der Waals surface area contributed by atoms with Crippen LogP contribution in [0.2, 0.25) is 5.02 Å². The summed E-state index contributed by atoms with van der Waals surface area (Å²) in [6, 6.07) is 10.2. The molecule has 2 aromatic carbocycles. The number of hydrogen-bond donors (Lipinski definition) is 1. The zero-order valence-electron chi connectivity index (χ0n) is 13.9. The summed E-state index contributed by atoms with van der Waals surface area (Å²) < 4.78 is 6.54. The third kappa shape index (κ3) is 2.98. The Morgan fingerprint density at radius 3 is 2.81 bits per heavy atom. The molecule has 0 fully saturated rings. The number of amides is 1. The number of halogens is 1.